The lowest BCUT2D eigenvalue weighted by Gasteiger charge is -2.33. The Bertz CT molecular complexity index is 208. The molecule has 0 aromatic carbocycles. The first-order valence-electron chi connectivity index (χ1n) is 6.59. The summed E-state index contributed by atoms with van der Waals surface area (Å²) in [5.74, 6) is 1.00. The molecule has 0 saturated heterocycles. The first-order chi connectivity index (χ1) is 7.65. The van der Waals surface area contributed by atoms with Crippen LogP contribution in [0.25, 0.3) is 0 Å². The van der Waals surface area contributed by atoms with E-state index in [9.17, 15) is 4.79 Å². The highest BCUT2D eigenvalue weighted by Gasteiger charge is 2.30. The van der Waals surface area contributed by atoms with Gasteiger partial charge in [-0.2, -0.15) is 0 Å². The van der Waals surface area contributed by atoms with Crippen LogP contribution in [0.2, 0.25) is 0 Å². The Hall–Kier alpha value is -0.730. The highest BCUT2D eigenvalue weighted by molar-refractivity contribution is 5.67. The van der Waals surface area contributed by atoms with Gasteiger partial charge in [-0.05, 0) is 31.1 Å². The maximum Gasteiger partial charge on any atom is 0.407 e. The Morgan fingerprint density at radius 3 is 2.50 bits per heavy atom. The number of rotatable bonds is 4. The first-order valence-corrected chi connectivity index (χ1v) is 6.59. The number of amides is 1. The molecule has 0 radical (unpaired) electrons. The Kier molecular flexibility index (Phi) is 5.64. The second kappa shape index (κ2) is 6.77. The van der Waals surface area contributed by atoms with Gasteiger partial charge in [0.15, 0.2) is 0 Å². The monoisotopic (exact) mass is 227 g/mol. The van der Waals surface area contributed by atoms with Crippen molar-refractivity contribution in [3.63, 3.8) is 0 Å². The zero-order valence-electron chi connectivity index (χ0n) is 10.8. The molecule has 2 atom stereocenters. The molecule has 3 nitrogen and oxygen atoms in total. The summed E-state index contributed by atoms with van der Waals surface area (Å²) in [7, 11) is 0. The fourth-order valence-electron chi connectivity index (χ4n) is 2.42. The summed E-state index contributed by atoms with van der Waals surface area (Å²) in [5, 5.41) is 2.81. The van der Waals surface area contributed by atoms with E-state index in [-0.39, 0.29) is 12.2 Å². The van der Waals surface area contributed by atoms with Crippen molar-refractivity contribution in [3.8, 4) is 0 Å². The molecule has 0 bridgehead atoms. The van der Waals surface area contributed by atoms with E-state index in [1.165, 1.54) is 19.3 Å². The lowest BCUT2D eigenvalue weighted by atomic mass is 9.81. The summed E-state index contributed by atoms with van der Waals surface area (Å²) < 4.78 is 5.51. The minimum Gasteiger partial charge on any atom is -0.446 e. The molecule has 0 aromatic rings. The minimum absolute atomic E-state index is 0.107. The number of unbranched alkanes of at least 4 members (excludes halogenated alkanes) is 1. The number of hydrogen-bond acceptors (Lipinski definition) is 2. The van der Waals surface area contributed by atoms with Crippen molar-refractivity contribution in [2.75, 3.05) is 6.54 Å². The molecular formula is C13H25NO2. The summed E-state index contributed by atoms with van der Waals surface area (Å²) in [5.41, 5.74) is 0. The van der Waals surface area contributed by atoms with Crippen molar-refractivity contribution in [1.29, 1.82) is 0 Å². The highest BCUT2D eigenvalue weighted by Crippen LogP contribution is 2.31. The molecule has 1 saturated carbocycles. The third kappa shape index (κ3) is 4.03. The molecule has 0 heterocycles. The summed E-state index contributed by atoms with van der Waals surface area (Å²) in [6.07, 6.45) is 5.60. The van der Waals surface area contributed by atoms with Crippen LogP contribution in [0.1, 0.15) is 52.9 Å². The van der Waals surface area contributed by atoms with Crippen molar-refractivity contribution < 1.29 is 9.53 Å². The van der Waals surface area contributed by atoms with Gasteiger partial charge in [-0.15, -0.1) is 0 Å². The molecular weight excluding hydrogens is 202 g/mol. The van der Waals surface area contributed by atoms with Gasteiger partial charge in [0.1, 0.15) is 6.10 Å². The fraction of sp³-hybridized carbons (Fsp3) is 0.923. The minimum atomic E-state index is -0.237. The molecule has 1 rings (SSSR count). The van der Waals surface area contributed by atoms with Crippen LogP contribution >= 0.6 is 0 Å². The number of alkyl carbamates (subject to hydrolysis) is 1. The normalized spacial score (nSPS) is 29.8. The fourth-order valence-corrected chi connectivity index (χ4v) is 2.42. The molecule has 1 fully saturated rings. The van der Waals surface area contributed by atoms with Crippen molar-refractivity contribution in [1.82, 2.24) is 5.32 Å². The molecule has 0 aromatic heterocycles. The van der Waals surface area contributed by atoms with Crippen LogP contribution in [0.5, 0.6) is 0 Å². The Labute approximate surface area is 98.9 Å². The maximum atomic E-state index is 11.5. The third-order valence-corrected chi connectivity index (χ3v) is 3.48. The number of nitrogens with one attached hydrogen (secondary N) is 1. The van der Waals surface area contributed by atoms with E-state index >= 15 is 0 Å². The van der Waals surface area contributed by atoms with Crippen molar-refractivity contribution >= 4 is 6.09 Å². The second-order valence-electron chi connectivity index (χ2n) is 5.04. The molecule has 1 N–H and O–H groups in total. The summed E-state index contributed by atoms with van der Waals surface area (Å²) >= 11 is 0. The average Bonchev–Trinajstić information content (AvgIpc) is 2.24. The topological polar surface area (TPSA) is 38.3 Å². The van der Waals surface area contributed by atoms with E-state index in [1.54, 1.807) is 0 Å². The molecule has 1 aliphatic rings. The van der Waals surface area contributed by atoms with Crippen LogP contribution in [0.3, 0.4) is 0 Å². The van der Waals surface area contributed by atoms with Gasteiger partial charge in [-0.1, -0.05) is 33.6 Å². The van der Waals surface area contributed by atoms with Crippen molar-refractivity contribution in [2.45, 2.75) is 59.0 Å². The third-order valence-electron chi connectivity index (χ3n) is 3.48. The summed E-state index contributed by atoms with van der Waals surface area (Å²) in [6, 6.07) is 0. The predicted molar refractivity (Wildman–Crippen MR) is 65.4 cm³/mol. The molecule has 2 unspecified atom stereocenters. The Morgan fingerprint density at radius 2 is 1.94 bits per heavy atom. The van der Waals surface area contributed by atoms with E-state index in [4.69, 9.17) is 4.74 Å². The van der Waals surface area contributed by atoms with Crippen LogP contribution < -0.4 is 5.32 Å². The van der Waals surface area contributed by atoms with Gasteiger partial charge in [-0.3, -0.25) is 0 Å². The number of hydrogen-bond donors (Lipinski definition) is 1. The van der Waals surface area contributed by atoms with Crippen LogP contribution in [0.4, 0.5) is 4.79 Å². The number of carbonyl (C=O) groups is 1. The molecule has 0 aliphatic heterocycles. The van der Waals surface area contributed by atoms with E-state index in [0.29, 0.717) is 11.8 Å². The zero-order valence-corrected chi connectivity index (χ0v) is 10.8. The van der Waals surface area contributed by atoms with Gasteiger partial charge in [0.05, 0.1) is 0 Å². The Morgan fingerprint density at radius 1 is 1.31 bits per heavy atom. The molecule has 1 aliphatic carbocycles. The van der Waals surface area contributed by atoms with E-state index < -0.39 is 0 Å². The smallest absolute Gasteiger partial charge is 0.407 e. The van der Waals surface area contributed by atoms with Crippen LogP contribution in [0.15, 0.2) is 0 Å². The lowest BCUT2D eigenvalue weighted by molar-refractivity contribution is 0.00985. The van der Waals surface area contributed by atoms with Crippen molar-refractivity contribution in [2.24, 2.45) is 11.8 Å². The van der Waals surface area contributed by atoms with Crippen LogP contribution in [-0.4, -0.2) is 18.7 Å². The maximum absolute atomic E-state index is 11.5. The van der Waals surface area contributed by atoms with Crippen LogP contribution in [0, 0.1) is 11.8 Å². The SMILES string of the molecule is CCCCNC(=O)OC1C(C)CCCC1C. The highest BCUT2D eigenvalue weighted by atomic mass is 16.6. The van der Waals surface area contributed by atoms with Crippen LogP contribution in [-0.2, 0) is 4.74 Å². The Balaban J connectivity index is 2.30. The first kappa shape index (κ1) is 13.3. The average molecular weight is 227 g/mol. The van der Waals surface area contributed by atoms with Gasteiger partial charge in [0.25, 0.3) is 0 Å². The summed E-state index contributed by atoms with van der Waals surface area (Å²) in [6.45, 7) is 7.20. The predicted octanol–water partition coefficient (Wildman–Crippen LogP) is 3.34. The van der Waals surface area contributed by atoms with Crippen molar-refractivity contribution in [3.05, 3.63) is 0 Å². The van der Waals surface area contributed by atoms with Gasteiger partial charge in [0, 0.05) is 6.54 Å². The van der Waals surface area contributed by atoms with E-state index in [0.717, 1.165) is 19.4 Å². The number of carbonyl (C=O) groups excluding carboxylic acids is 1. The number of ether oxygens (including phenoxy) is 1. The largest absolute Gasteiger partial charge is 0.446 e. The molecule has 3 heteroatoms. The molecule has 1 amide bonds. The zero-order chi connectivity index (χ0) is 12.0. The summed E-state index contributed by atoms with van der Waals surface area (Å²) in [4.78, 5) is 11.5. The van der Waals surface area contributed by atoms with E-state index in [1.807, 2.05) is 0 Å². The molecule has 94 valence electrons. The van der Waals surface area contributed by atoms with E-state index in [2.05, 4.69) is 26.1 Å². The van der Waals surface area contributed by atoms with Gasteiger partial charge < -0.3 is 10.1 Å². The van der Waals surface area contributed by atoms with Gasteiger partial charge in [-0.25, -0.2) is 4.79 Å². The standard InChI is InChI=1S/C13H25NO2/c1-4-5-9-14-13(15)16-12-10(2)7-6-8-11(12)3/h10-12H,4-9H2,1-3H3,(H,14,15). The lowest BCUT2D eigenvalue weighted by Crippen LogP contribution is -2.38. The quantitative estimate of drug-likeness (QED) is 0.748. The molecule has 0 spiro atoms. The van der Waals surface area contributed by atoms with Gasteiger partial charge >= 0.3 is 6.09 Å². The second-order valence-corrected chi connectivity index (χ2v) is 5.04. The molecule has 16 heavy (non-hydrogen) atoms. The van der Waals surface area contributed by atoms with Gasteiger partial charge in [0.2, 0.25) is 0 Å².